The second-order valence-electron chi connectivity index (χ2n) is 4.28. The van der Waals surface area contributed by atoms with Crippen LogP contribution in [0.2, 0.25) is 0 Å². The lowest BCUT2D eigenvalue weighted by atomic mass is 10.0. The summed E-state index contributed by atoms with van der Waals surface area (Å²) < 4.78 is 27.4. The van der Waals surface area contributed by atoms with Crippen LogP contribution in [-0.4, -0.2) is 4.98 Å². The van der Waals surface area contributed by atoms with E-state index in [2.05, 4.69) is 26.3 Å². The molecule has 0 atom stereocenters. The van der Waals surface area contributed by atoms with Gasteiger partial charge >= 0.3 is 0 Å². The highest BCUT2D eigenvalue weighted by molar-refractivity contribution is 9.10. The Morgan fingerprint density at radius 1 is 1.28 bits per heavy atom. The molecule has 0 unspecified atom stereocenters. The fourth-order valence-electron chi connectivity index (χ4n) is 1.81. The third-order valence-electron chi connectivity index (χ3n) is 2.74. The van der Waals surface area contributed by atoms with E-state index in [4.69, 9.17) is 5.84 Å². The van der Waals surface area contributed by atoms with Gasteiger partial charge in [-0.1, -0.05) is 13.8 Å². The monoisotopic (exact) mass is 315 g/mol. The zero-order chi connectivity index (χ0) is 13.4. The van der Waals surface area contributed by atoms with Crippen molar-refractivity contribution in [1.29, 1.82) is 0 Å². The first-order valence-corrected chi connectivity index (χ1v) is 6.19. The van der Waals surface area contributed by atoms with E-state index in [1.807, 2.05) is 13.8 Å². The first kappa shape index (κ1) is 13.2. The van der Waals surface area contributed by atoms with Gasteiger partial charge < -0.3 is 5.43 Å². The van der Waals surface area contributed by atoms with Gasteiger partial charge in [-0.3, -0.25) is 0 Å². The minimum atomic E-state index is -0.711. The summed E-state index contributed by atoms with van der Waals surface area (Å²) in [5.74, 6) is 4.55. The standard InChI is InChI=1S/C12H12BrF2N3/c1-5(2)6-3-7-10(13)8(14)4-9(15)11(7)17-12(6)18-16/h3-5H,16H2,1-2H3,(H,17,18). The molecule has 2 aromatic rings. The molecule has 18 heavy (non-hydrogen) atoms. The first-order valence-electron chi connectivity index (χ1n) is 5.40. The average Bonchev–Trinajstić information content (AvgIpc) is 2.34. The molecule has 0 amide bonds. The molecule has 6 heteroatoms. The number of nitrogens with two attached hydrogens (primary N) is 1. The number of benzene rings is 1. The van der Waals surface area contributed by atoms with Gasteiger partial charge in [-0.2, -0.15) is 0 Å². The molecular weight excluding hydrogens is 304 g/mol. The second kappa shape index (κ2) is 4.78. The van der Waals surface area contributed by atoms with Gasteiger partial charge in [0.2, 0.25) is 0 Å². The van der Waals surface area contributed by atoms with Crippen LogP contribution in [0.15, 0.2) is 16.6 Å². The SMILES string of the molecule is CC(C)c1cc2c(Br)c(F)cc(F)c2nc1NN. The molecule has 0 spiro atoms. The van der Waals surface area contributed by atoms with Crippen molar-refractivity contribution in [2.24, 2.45) is 5.84 Å². The molecule has 2 rings (SSSR count). The predicted octanol–water partition coefficient (Wildman–Crippen LogP) is 3.68. The van der Waals surface area contributed by atoms with Gasteiger partial charge in [0.05, 0.1) is 4.47 Å². The van der Waals surface area contributed by atoms with Gasteiger partial charge in [0, 0.05) is 11.5 Å². The van der Waals surface area contributed by atoms with E-state index < -0.39 is 11.6 Å². The van der Waals surface area contributed by atoms with E-state index in [0.29, 0.717) is 11.2 Å². The van der Waals surface area contributed by atoms with Gasteiger partial charge in [0.15, 0.2) is 5.82 Å². The number of nitrogen functional groups attached to an aromatic ring is 1. The zero-order valence-corrected chi connectivity index (χ0v) is 11.5. The zero-order valence-electron chi connectivity index (χ0n) is 9.89. The summed E-state index contributed by atoms with van der Waals surface area (Å²) >= 11 is 3.11. The molecule has 1 aromatic carbocycles. The van der Waals surface area contributed by atoms with Crippen molar-refractivity contribution in [3.05, 3.63) is 33.8 Å². The molecule has 1 heterocycles. The van der Waals surface area contributed by atoms with Crippen LogP contribution in [0.4, 0.5) is 14.6 Å². The maximum atomic E-state index is 13.7. The van der Waals surface area contributed by atoms with Crippen LogP contribution < -0.4 is 11.3 Å². The van der Waals surface area contributed by atoms with Crippen molar-refractivity contribution in [1.82, 2.24) is 4.98 Å². The lowest BCUT2D eigenvalue weighted by Crippen LogP contribution is -2.12. The van der Waals surface area contributed by atoms with Crippen LogP contribution in [-0.2, 0) is 0 Å². The Hall–Kier alpha value is -1.27. The lowest BCUT2D eigenvalue weighted by Gasteiger charge is -2.14. The number of hydrogen-bond acceptors (Lipinski definition) is 3. The molecule has 0 bridgehead atoms. The summed E-state index contributed by atoms with van der Waals surface area (Å²) in [6, 6.07) is 2.49. The van der Waals surface area contributed by atoms with Crippen LogP contribution in [0.5, 0.6) is 0 Å². The number of hydrazine groups is 1. The van der Waals surface area contributed by atoms with Crippen LogP contribution in [0.25, 0.3) is 10.9 Å². The molecule has 1 aromatic heterocycles. The third-order valence-corrected chi connectivity index (χ3v) is 3.54. The largest absolute Gasteiger partial charge is 0.308 e. The van der Waals surface area contributed by atoms with E-state index in [9.17, 15) is 8.78 Å². The van der Waals surface area contributed by atoms with Crippen LogP contribution in [0, 0.1) is 11.6 Å². The van der Waals surface area contributed by atoms with E-state index in [1.165, 1.54) is 0 Å². The Labute approximate surface area is 111 Å². The van der Waals surface area contributed by atoms with Crippen molar-refractivity contribution in [3.8, 4) is 0 Å². The Kier molecular flexibility index (Phi) is 3.49. The van der Waals surface area contributed by atoms with Gasteiger partial charge in [-0.05, 0) is 33.5 Å². The molecule has 96 valence electrons. The summed E-state index contributed by atoms with van der Waals surface area (Å²) in [7, 11) is 0. The molecule has 0 radical (unpaired) electrons. The van der Waals surface area contributed by atoms with Gasteiger partial charge in [-0.25, -0.2) is 19.6 Å². The molecule has 0 saturated heterocycles. The van der Waals surface area contributed by atoms with E-state index in [-0.39, 0.29) is 15.9 Å². The Morgan fingerprint density at radius 2 is 1.94 bits per heavy atom. The molecule has 0 aliphatic rings. The minimum absolute atomic E-state index is 0.0839. The summed E-state index contributed by atoms with van der Waals surface area (Å²) in [6.45, 7) is 3.90. The number of fused-ring (bicyclic) bond motifs is 1. The maximum Gasteiger partial charge on any atom is 0.152 e. The van der Waals surface area contributed by atoms with Gasteiger partial charge in [0.1, 0.15) is 17.2 Å². The van der Waals surface area contributed by atoms with Crippen molar-refractivity contribution in [2.75, 3.05) is 5.43 Å². The number of nitrogens with one attached hydrogen (secondary N) is 1. The van der Waals surface area contributed by atoms with Crippen molar-refractivity contribution in [3.63, 3.8) is 0 Å². The Balaban J connectivity index is 2.87. The smallest absolute Gasteiger partial charge is 0.152 e. The minimum Gasteiger partial charge on any atom is -0.308 e. The highest BCUT2D eigenvalue weighted by atomic mass is 79.9. The number of halogens is 3. The number of nitrogens with zero attached hydrogens (tertiary/aromatic N) is 1. The van der Waals surface area contributed by atoms with Gasteiger partial charge in [0.25, 0.3) is 0 Å². The van der Waals surface area contributed by atoms with Crippen LogP contribution in [0.3, 0.4) is 0 Å². The van der Waals surface area contributed by atoms with Crippen LogP contribution >= 0.6 is 15.9 Å². The average molecular weight is 316 g/mol. The topological polar surface area (TPSA) is 50.9 Å². The summed E-state index contributed by atoms with van der Waals surface area (Å²) in [4.78, 5) is 4.11. The molecule has 3 nitrogen and oxygen atoms in total. The van der Waals surface area contributed by atoms with Crippen molar-refractivity contribution >= 4 is 32.7 Å². The van der Waals surface area contributed by atoms with Crippen LogP contribution in [0.1, 0.15) is 25.3 Å². The number of pyridine rings is 1. The molecule has 0 aliphatic heterocycles. The van der Waals surface area contributed by atoms with E-state index in [0.717, 1.165) is 11.6 Å². The van der Waals surface area contributed by atoms with Crippen molar-refractivity contribution < 1.29 is 8.78 Å². The fourth-order valence-corrected chi connectivity index (χ4v) is 2.22. The molecule has 3 N–H and O–H groups in total. The Bertz CT molecular complexity index is 614. The highest BCUT2D eigenvalue weighted by Gasteiger charge is 2.16. The maximum absolute atomic E-state index is 13.7. The molecule has 0 aliphatic carbocycles. The lowest BCUT2D eigenvalue weighted by molar-refractivity contribution is 0.586. The summed E-state index contributed by atoms with van der Waals surface area (Å²) in [5, 5.41) is 0.398. The molecule has 0 saturated carbocycles. The number of aromatic nitrogens is 1. The van der Waals surface area contributed by atoms with E-state index in [1.54, 1.807) is 6.07 Å². The molecular formula is C12H12BrF2N3. The predicted molar refractivity (Wildman–Crippen MR) is 71.3 cm³/mol. The number of hydrogen-bond donors (Lipinski definition) is 2. The second-order valence-corrected chi connectivity index (χ2v) is 5.07. The quantitative estimate of drug-likeness (QED) is 0.505. The molecule has 0 fully saturated rings. The fraction of sp³-hybridized carbons (Fsp3) is 0.250. The summed E-state index contributed by atoms with van der Waals surface area (Å²) in [6.07, 6.45) is 0. The van der Waals surface area contributed by atoms with Gasteiger partial charge in [-0.15, -0.1) is 0 Å². The van der Waals surface area contributed by atoms with E-state index >= 15 is 0 Å². The summed E-state index contributed by atoms with van der Waals surface area (Å²) in [5.41, 5.74) is 3.33. The number of anilines is 1. The first-order chi connectivity index (χ1) is 8.45. The normalized spacial score (nSPS) is 11.3. The highest BCUT2D eigenvalue weighted by Crippen LogP contribution is 2.33. The Morgan fingerprint density at radius 3 is 2.50 bits per heavy atom. The van der Waals surface area contributed by atoms with Crippen molar-refractivity contribution in [2.45, 2.75) is 19.8 Å². The third kappa shape index (κ3) is 2.06. The number of rotatable bonds is 2.